The molecule has 0 N–H and O–H groups in total. The molecule has 0 radical (unpaired) electrons. The lowest BCUT2D eigenvalue weighted by Gasteiger charge is -2.26. The highest BCUT2D eigenvalue weighted by Crippen LogP contribution is 2.28. The molecule has 0 spiro atoms. The van der Waals surface area contributed by atoms with E-state index in [9.17, 15) is 13.2 Å². The van der Waals surface area contributed by atoms with Crippen LogP contribution in [-0.4, -0.2) is 42.8 Å². The molecule has 0 aromatic carbocycles. The molecule has 23 heavy (non-hydrogen) atoms. The number of hydrogen-bond acceptors (Lipinski definition) is 6. The van der Waals surface area contributed by atoms with Gasteiger partial charge >= 0.3 is 0 Å². The second-order valence-electron chi connectivity index (χ2n) is 5.74. The van der Waals surface area contributed by atoms with Crippen LogP contribution in [0.5, 0.6) is 0 Å². The van der Waals surface area contributed by atoms with Crippen molar-refractivity contribution in [3.63, 3.8) is 0 Å². The van der Waals surface area contributed by atoms with Gasteiger partial charge in [-0.05, 0) is 24.3 Å². The summed E-state index contributed by atoms with van der Waals surface area (Å²) in [6.07, 6.45) is 0.867. The number of carbonyl (C=O) groups is 1. The Balaban J connectivity index is 1.61. The number of aromatic nitrogens is 1. The molecule has 124 valence electrons. The molecule has 1 aliphatic heterocycles. The van der Waals surface area contributed by atoms with Crippen molar-refractivity contribution in [2.75, 3.05) is 18.6 Å². The monoisotopic (exact) mass is 370 g/mol. The fraction of sp³-hybridized carbons (Fsp3) is 0.467. The molecule has 1 saturated heterocycles. The molecule has 1 fully saturated rings. The van der Waals surface area contributed by atoms with Crippen LogP contribution in [0.3, 0.4) is 0 Å². The fourth-order valence-corrected chi connectivity index (χ4v) is 5.78. The number of thiophene rings is 1. The third kappa shape index (κ3) is 3.99. The Kier molecular flexibility index (Phi) is 4.84. The molecule has 5 nitrogen and oxygen atoms in total. The average Bonchev–Trinajstić information content (AvgIpc) is 3.17. The van der Waals surface area contributed by atoms with Gasteiger partial charge in [0.15, 0.2) is 0 Å². The van der Waals surface area contributed by atoms with E-state index in [1.54, 1.807) is 34.6 Å². The first-order chi connectivity index (χ1) is 10.9. The van der Waals surface area contributed by atoms with Crippen LogP contribution in [0, 0.1) is 5.92 Å². The molecule has 1 amide bonds. The maximum Gasteiger partial charge on any atom is 0.225 e. The summed E-state index contributed by atoms with van der Waals surface area (Å²) in [7, 11) is -1.18. The van der Waals surface area contributed by atoms with Crippen LogP contribution < -0.4 is 0 Å². The number of amides is 1. The number of nitrogens with zero attached hydrogens (tertiary/aromatic N) is 2. The predicted molar refractivity (Wildman–Crippen MR) is 93.3 cm³/mol. The quantitative estimate of drug-likeness (QED) is 0.830. The first-order valence-electron chi connectivity index (χ1n) is 7.38. The van der Waals surface area contributed by atoms with Gasteiger partial charge in [-0.1, -0.05) is 6.07 Å². The molecule has 1 aliphatic rings. The van der Waals surface area contributed by atoms with E-state index in [0.717, 1.165) is 15.6 Å². The van der Waals surface area contributed by atoms with Crippen LogP contribution in [0.2, 0.25) is 0 Å². The Morgan fingerprint density at radius 3 is 2.74 bits per heavy atom. The van der Waals surface area contributed by atoms with Gasteiger partial charge in [0.1, 0.15) is 14.8 Å². The minimum Gasteiger partial charge on any atom is -0.340 e. The minimum atomic E-state index is -2.94. The lowest BCUT2D eigenvalue weighted by Crippen LogP contribution is -2.37. The topological polar surface area (TPSA) is 67.3 Å². The van der Waals surface area contributed by atoms with Gasteiger partial charge in [0.05, 0.1) is 28.6 Å². The lowest BCUT2D eigenvalue weighted by atomic mass is 10.0. The van der Waals surface area contributed by atoms with Crippen LogP contribution in [0.25, 0.3) is 9.88 Å². The highest BCUT2D eigenvalue weighted by Gasteiger charge is 2.30. The van der Waals surface area contributed by atoms with E-state index in [0.29, 0.717) is 19.4 Å². The largest absolute Gasteiger partial charge is 0.340 e. The predicted octanol–water partition coefficient (Wildman–Crippen LogP) is 2.65. The zero-order valence-electron chi connectivity index (χ0n) is 12.8. The van der Waals surface area contributed by atoms with Crippen LogP contribution >= 0.6 is 22.7 Å². The van der Waals surface area contributed by atoms with Crippen molar-refractivity contribution in [3.05, 3.63) is 28.6 Å². The van der Waals surface area contributed by atoms with Crippen LogP contribution in [-0.2, 0) is 21.2 Å². The third-order valence-corrected chi connectivity index (χ3v) is 7.61. The Morgan fingerprint density at radius 2 is 2.09 bits per heavy atom. The molecule has 3 rings (SSSR count). The van der Waals surface area contributed by atoms with E-state index in [-0.39, 0.29) is 23.3 Å². The van der Waals surface area contributed by atoms with E-state index >= 15 is 0 Å². The SMILES string of the molecule is CN(Cc1csc(-c2cccs2)n1)C(=O)C1CCS(=O)(=O)CC1. The second kappa shape index (κ2) is 6.70. The van der Waals surface area contributed by atoms with Gasteiger partial charge in [-0.2, -0.15) is 0 Å². The number of hydrogen-bond donors (Lipinski definition) is 0. The van der Waals surface area contributed by atoms with Gasteiger partial charge in [-0.3, -0.25) is 4.79 Å². The normalized spacial score (nSPS) is 18.0. The van der Waals surface area contributed by atoms with E-state index in [1.165, 1.54) is 0 Å². The van der Waals surface area contributed by atoms with Gasteiger partial charge in [0, 0.05) is 18.3 Å². The van der Waals surface area contributed by atoms with E-state index in [1.807, 2.05) is 22.9 Å². The zero-order chi connectivity index (χ0) is 16.4. The smallest absolute Gasteiger partial charge is 0.225 e. The average molecular weight is 371 g/mol. The fourth-order valence-electron chi connectivity index (χ4n) is 2.66. The van der Waals surface area contributed by atoms with Crippen molar-refractivity contribution < 1.29 is 13.2 Å². The summed E-state index contributed by atoms with van der Waals surface area (Å²) in [6, 6.07) is 4.03. The van der Waals surface area contributed by atoms with Crippen molar-refractivity contribution in [2.24, 2.45) is 5.92 Å². The molecule has 0 saturated carbocycles. The summed E-state index contributed by atoms with van der Waals surface area (Å²) in [5.41, 5.74) is 0.873. The van der Waals surface area contributed by atoms with Crippen LogP contribution in [0.15, 0.2) is 22.9 Å². The summed E-state index contributed by atoms with van der Waals surface area (Å²) in [5.74, 6) is 0.0805. The Morgan fingerprint density at radius 1 is 1.35 bits per heavy atom. The van der Waals surface area contributed by atoms with Gasteiger partial charge in [-0.15, -0.1) is 22.7 Å². The molecule has 0 aliphatic carbocycles. The Bertz CT molecular complexity index is 767. The van der Waals surface area contributed by atoms with Gasteiger partial charge < -0.3 is 4.90 Å². The molecule has 0 bridgehead atoms. The summed E-state index contributed by atoms with van der Waals surface area (Å²) < 4.78 is 22.9. The van der Waals surface area contributed by atoms with Gasteiger partial charge in [-0.25, -0.2) is 13.4 Å². The van der Waals surface area contributed by atoms with Crippen molar-refractivity contribution in [2.45, 2.75) is 19.4 Å². The zero-order valence-corrected chi connectivity index (χ0v) is 15.2. The van der Waals surface area contributed by atoms with Crippen molar-refractivity contribution in [3.8, 4) is 9.88 Å². The standard InChI is InChI=1S/C15H18N2O3S3/c1-17(15(18)11-4-7-23(19,20)8-5-11)9-12-10-22-14(16-12)13-3-2-6-21-13/h2-3,6,10-11H,4-5,7-9H2,1H3. The van der Waals surface area contributed by atoms with Crippen molar-refractivity contribution in [1.82, 2.24) is 9.88 Å². The second-order valence-corrected chi connectivity index (χ2v) is 9.85. The van der Waals surface area contributed by atoms with Gasteiger partial charge in [0.25, 0.3) is 0 Å². The van der Waals surface area contributed by atoms with E-state index < -0.39 is 9.84 Å². The molecule has 0 unspecified atom stereocenters. The van der Waals surface area contributed by atoms with E-state index in [4.69, 9.17) is 0 Å². The summed E-state index contributed by atoms with van der Waals surface area (Å²) in [5, 5.41) is 4.97. The highest BCUT2D eigenvalue weighted by atomic mass is 32.2. The molecule has 2 aromatic heterocycles. The maximum absolute atomic E-state index is 12.5. The van der Waals surface area contributed by atoms with Crippen LogP contribution in [0.1, 0.15) is 18.5 Å². The summed E-state index contributed by atoms with van der Waals surface area (Å²) >= 11 is 3.23. The molecular formula is C15H18N2O3S3. The Labute approximate surface area is 143 Å². The minimum absolute atomic E-state index is 0.0190. The highest BCUT2D eigenvalue weighted by molar-refractivity contribution is 7.91. The summed E-state index contributed by atoms with van der Waals surface area (Å²) in [4.78, 5) is 19.8. The first-order valence-corrected chi connectivity index (χ1v) is 11.0. The Hall–Kier alpha value is -1.25. The van der Waals surface area contributed by atoms with Gasteiger partial charge in [0.2, 0.25) is 5.91 Å². The maximum atomic E-state index is 12.5. The number of carbonyl (C=O) groups excluding carboxylic acids is 1. The number of thiazole rings is 1. The first kappa shape index (κ1) is 16.6. The third-order valence-electron chi connectivity index (χ3n) is 3.96. The lowest BCUT2D eigenvalue weighted by molar-refractivity contribution is -0.135. The molecule has 3 heterocycles. The summed E-state index contributed by atoms with van der Waals surface area (Å²) in [6.45, 7) is 0.462. The van der Waals surface area contributed by atoms with E-state index in [2.05, 4.69) is 4.98 Å². The molecule has 2 aromatic rings. The van der Waals surface area contributed by atoms with Crippen LogP contribution in [0.4, 0.5) is 0 Å². The van der Waals surface area contributed by atoms with Crippen molar-refractivity contribution in [1.29, 1.82) is 0 Å². The van der Waals surface area contributed by atoms with Crippen molar-refractivity contribution >= 4 is 38.4 Å². The molecular weight excluding hydrogens is 352 g/mol. The molecule has 8 heteroatoms. The number of sulfone groups is 1. The number of rotatable bonds is 4. The molecule has 0 atom stereocenters.